The predicted octanol–water partition coefficient (Wildman–Crippen LogP) is 2.73. The number of hydrogen-bond donors (Lipinski definition) is 1. The fourth-order valence-corrected chi connectivity index (χ4v) is 3.19. The highest BCUT2D eigenvalue weighted by molar-refractivity contribution is 5.92. The van der Waals surface area contributed by atoms with Crippen LogP contribution in [0.3, 0.4) is 0 Å². The van der Waals surface area contributed by atoms with Gasteiger partial charge in [-0.3, -0.25) is 14.6 Å². The lowest BCUT2D eigenvalue weighted by atomic mass is 10.1. The average Bonchev–Trinajstić information content (AvgIpc) is 2.63. The van der Waals surface area contributed by atoms with Crippen LogP contribution in [0.4, 0.5) is 14.5 Å². The first kappa shape index (κ1) is 19.3. The fourth-order valence-electron chi connectivity index (χ4n) is 3.19. The lowest BCUT2D eigenvalue weighted by Gasteiger charge is -2.34. The topological polar surface area (TPSA) is 44.8 Å². The van der Waals surface area contributed by atoms with Crippen molar-refractivity contribution in [2.24, 2.45) is 0 Å². The number of benzene rings is 2. The molecule has 0 bridgehead atoms. The summed E-state index contributed by atoms with van der Waals surface area (Å²) >= 11 is 0. The van der Waals surface area contributed by atoms with Gasteiger partial charge in [0.05, 0.1) is 13.7 Å². The van der Waals surface area contributed by atoms with Crippen LogP contribution in [0.1, 0.15) is 5.56 Å². The van der Waals surface area contributed by atoms with Gasteiger partial charge in [-0.1, -0.05) is 6.07 Å². The highest BCUT2D eigenvalue weighted by atomic mass is 19.1. The Bertz CT molecular complexity index is 793. The Morgan fingerprint density at radius 3 is 2.44 bits per heavy atom. The third-order valence-electron chi connectivity index (χ3n) is 4.58. The smallest absolute Gasteiger partial charge is 0.238 e. The number of nitrogens with zero attached hydrogens (tertiary/aromatic N) is 2. The van der Waals surface area contributed by atoms with Crippen LogP contribution >= 0.6 is 0 Å². The molecule has 0 radical (unpaired) electrons. The molecule has 1 fully saturated rings. The number of nitrogens with one attached hydrogen (secondary N) is 1. The second kappa shape index (κ2) is 8.92. The summed E-state index contributed by atoms with van der Waals surface area (Å²) in [5, 5.41) is 2.71. The molecule has 144 valence electrons. The lowest BCUT2D eigenvalue weighted by Crippen LogP contribution is -2.48. The van der Waals surface area contributed by atoms with Gasteiger partial charge in [0.25, 0.3) is 0 Å². The zero-order valence-electron chi connectivity index (χ0n) is 15.3. The largest absolute Gasteiger partial charge is 0.496 e. The molecule has 1 saturated heterocycles. The third kappa shape index (κ3) is 5.48. The maximum atomic E-state index is 13.5. The molecule has 2 aromatic carbocycles. The van der Waals surface area contributed by atoms with E-state index in [-0.39, 0.29) is 24.1 Å². The molecule has 0 aliphatic carbocycles. The predicted molar refractivity (Wildman–Crippen MR) is 99.7 cm³/mol. The summed E-state index contributed by atoms with van der Waals surface area (Å²) in [6, 6.07) is 10.4. The molecule has 0 aromatic heterocycles. The van der Waals surface area contributed by atoms with Crippen molar-refractivity contribution in [3.8, 4) is 5.75 Å². The monoisotopic (exact) mass is 375 g/mol. The minimum Gasteiger partial charge on any atom is -0.496 e. The number of carbonyl (C=O) groups excluding carboxylic acids is 1. The van der Waals surface area contributed by atoms with E-state index in [9.17, 15) is 13.6 Å². The molecule has 1 amide bonds. The molecule has 1 aliphatic heterocycles. The summed E-state index contributed by atoms with van der Waals surface area (Å²) in [4.78, 5) is 16.4. The van der Waals surface area contributed by atoms with Gasteiger partial charge in [-0.2, -0.15) is 0 Å². The summed E-state index contributed by atoms with van der Waals surface area (Å²) in [6.45, 7) is 3.86. The number of halogens is 2. The van der Waals surface area contributed by atoms with E-state index in [2.05, 4.69) is 10.2 Å². The number of amides is 1. The molecule has 5 nitrogen and oxygen atoms in total. The molecule has 0 atom stereocenters. The van der Waals surface area contributed by atoms with Gasteiger partial charge >= 0.3 is 0 Å². The number of anilines is 1. The van der Waals surface area contributed by atoms with Crippen molar-refractivity contribution >= 4 is 11.6 Å². The minimum absolute atomic E-state index is 0.166. The molecule has 1 N–H and O–H groups in total. The van der Waals surface area contributed by atoms with Crippen molar-refractivity contribution in [1.29, 1.82) is 0 Å². The standard InChI is InChI=1S/C20H23F2N3O2/c1-27-19-6-5-17(22)11-15(19)13-24-7-9-25(10-8-24)14-20(26)23-18-4-2-3-16(21)12-18/h2-6,11-12H,7-10,13-14H2,1H3,(H,23,26). The molecule has 3 rings (SSSR count). The molecule has 0 saturated carbocycles. The van der Waals surface area contributed by atoms with Crippen LogP contribution in [-0.2, 0) is 11.3 Å². The second-order valence-electron chi connectivity index (χ2n) is 6.57. The molecular formula is C20H23F2N3O2. The molecule has 7 heteroatoms. The van der Waals surface area contributed by atoms with Crippen LogP contribution in [0.2, 0.25) is 0 Å². The maximum absolute atomic E-state index is 13.5. The van der Waals surface area contributed by atoms with E-state index in [0.717, 1.165) is 31.7 Å². The first-order chi connectivity index (χ1) is 13.0. The number of hydrogen-bond acceptors (Lipinski definition) is 4. The van der Waals surface area contributed by atoms with Crippen LogP contribution in [0, 0.1) is 11.6 Å². The van der Waals surface area contributed by atoms with Gasteiger partial charge in [0.2, 0.25) is 5.91 Å². The molecule has 0 unspecified atom stereocenters. The average molecular weight is 375 g/mol. The van der Waals surface area contributed by atoms with E-state index < -0.39 is 0 Å². The molecule has 1 aliphatic rings. The fraction of sp³-hybridized carbons (Fsp3) is 0.350. The van der Waals surface area contributed by atoms with Crippen LogP contribution in [0.5, 0.6) is 5.75 Å². The van der Waals surface area contributed by atoms with Gasteiger partial charge in [0.1, 0.15) is 17.4 Å². The van der Waals surface area contributed by atoms with Gasteiger partial charge in [0, 0.05) is 44.0 Å². The Balaban J connectivity index is 1.47. The number of ether oxygens (including phenoxy) is 1. The van der Waals surface area contributed by atoms with Crippen molar-refractivity contribution in [1.82, 2.24) is 9.80 Å². The highest BCUT2D eigenvalue weighted by Gasteiger charge is 2.20. The zero-order valence-corrected chi connectivity index (χ0v) is 15.3. The van der Waals surface area contributed by atoms with Gasteiger partial charge in [-0.25, -0.2) is 8.78 Å². The Labute approximate surface area is 157 Å². The summed E-state index contributed by atoms with van der Waals surface area (Å²) in [6.07, 6.45) is 0. The summed E-state index contributed by atoms with van der Waals surface area (Å²) < 4.78 is 32.0. The van der Waals surface area contributed by atoms with Crippen molar-refractivity contribution in [3.63, 3.8) is 0 Å². The Morgan fingerprint density at radius 1 is 1.04 bits per heavy atom. The lowest BCUT2D eigenvalue weighted by molar-refractivity contribution is -0.117. The molecule has 1 heterocycles. The molecule has 27 heavy (non-hydrogen) atoms. The highest BCUT2D eigenvalue weighted by Crippen LogP contribution is 2.21. The molecular weight excluding hydrogens is 352 g/mol. The van der Waals surface area contributed by atoms with E-state index in [1.165, 1.54) is 24.3 Å². The number of carbonyl (C=O) groups is 1. The van der Waals surface area contributed by atoms with Crippen molar-refractivity contribution in [2.75, 3.05) is 45.2 Å². The van der Waals surface area contributed by atoms with Crippen LogP contribution in [0.15, 0.2) is 42.5 Å². The van der Waals surface area contributed by atoms with Crippen molar-refractivity contribution in [2.45, 2.75) is 6.54 Å². The van der Waals surface area contributed by atoms with Gasteiger partial charge in [0.15, 0.2) is 0 Å². The summed E-state index contributed by atoms with van der Waals surface area (Å²) in [5.74, 6) is -0.151. The Morgan fingerprint density at radius 2 is 1.74 bits per heavy atom. The van der Waals surface area contributed by atoms with E-state index in [1.54, 1.807) is 25.3 Å². The first-order valence-electron chi connectivity index (χ1n) is 8.86. The molecule has 2 aromatic rings. The van der Waals surface area contributed by atoms with Gasteiger partial charge in [-0.15, -0.1) is 0 Å². The van der Waals surface area contributed by atoms with Gasteiger partial charge in [-0.05, 0) is 36.4 Å². The molecule has 0 spiro atoms. The van der Waals surface area contributed by atoms with Crippen LogP contribution < -0.4 is 10.1 Å². The summed E-state index contributed by atoms with van der Waals surface area (Å²) in [7, 11) is 1.58. The van der Waals surface area contributed by atoms with E-state index in [4.69, 9.17) is 4.74 Å². The SMILES string of the molecule is COc1ccc(F)cc1CN1CCN(CC(=O)Nc2cccc(F)c2)CC1. The first-order valence-corrected chi connectivity index (χ1v) is 8.86. The quantitative estimate of drug-likeness (QED) is 0.843. The van der Waals surface area contributed by atoms with E-state index in [0.29, 0.717) is 18.0 Å². The number of methoxy groups -OCH3 is 1. The summed E-state index contributed by atoms with van der Waals surface area (Å²) in [5.41, 5.74) is 1.27. The number of rotatable bonds is 6. The Kier molecular flexibility index (Phi) is 6.36. The van der Waals surface area contributed by atoms with Crippen LogP contribution in [0.25, 0.3) is 0 Å². The van der Waals surface area contributed by atoms with Gasteiger partial charge < -0.3 is 10.1 Å². The second-order valence-corrected chi connectivity index (χ2v) is 6.57. The third-order valence-corrected chi connectivity index (χ3v) is 4.58. The van der Waals surface area contributed by atoms with E-state index >= 15 is 0 Å². The normalized spacial score (nSPS) is 15.5. The van der Waals surface area contributed by atoms with Crippen molar-refractivity contribution < 1.29 is 18.3 Å². The number of piperazine rings is 1. The van der Waals surface area contributed by atoms with Crippen molar-refractivity contribution in [3.05, 3.63) is 59.7 Å². The van der Waals surface area contributed by atoms with E-state index in [1.807, 2.05) is 4.90 Å². The minimum atomic E-state index is -0.380. The van der Waals surface area contributed by atoms with Crippen LogP contribution in [-0.4, -0.2) is 55.5 Å². The maximum Gasteiger partial charge on any atom is 0.238 e. The zero-order chi connectivity index (χ0) is 19.2. The Hall–Kier alpha value is -2.51.